The lowest BCUT2D eigenvalue weighted by atomic mass is 9.97. The van der Waals surface area contributed by atoms with E-state index >= 15 is 0 Å². The molecule has 1 amide bonds. The zero-order valence-electron chi connectivity index (χ0n) is 14.1. The molecule has 0 bridgehead atoms. The molecule has 0 saturated carbocycles. The Balaban J connectivity index is 2.25. The number of primary amides is 1. The third-order valence-electron chi connectivity index (χ3n) is 4.04. The molecule has 1 aromatic heterocycles. The van der Waals surface area contributed by atoms with Crippen LogP contribution < -0.4 is 10.9 Å². The summed E-state index contributed by atoms with van der Waals surface area (Å²) < 4.78 is 24.1. The van der Waals surface area contributed by atoms with Crippen molar-refractivity contribution in [3.8, 4) is 22.4 Å². The second-order valence-corrected chi connectivity index (χ2v) is 7.91. The first-order chi connectivity index (χ1) is 12.8. The Morgan fingerprint density at radius 1 is 1.11 bits per heavy atom. The zero-order chi connectivity index (χ0) is 19.6. The quantitative estimate of drug-likeness (QED) is 0.582. The van der Waals surface area contributed by atoms with Gasteiger partial charge in [0.15, 0.2) is 0 Å². The van der Waals surface area contributed by atoms with Gasteiger partial charge in [-0.3, -0.25) is 9.89 Å². The highest BCUT2D eigenvalue weighted by molar-refractivity contribution is 7.89. The number of rotatable bonds is 6. The van der Waals surface area contributed by atoms with Gasteiger partial charge in [-0.05, 0) is 24.6 Å². The number of sulfonamides is 1. The van der Waals surface area contributed by atoms with Crippen molar-refractivity contribution < 1.29 is 13.2 Å². The number of amides is 1. The van der Waals surface area contributed by atoms with Crippen LogP contribution in [0.2, 0.25) is 5.02 Å². The average Bonchev–Trinajstić information content (AvgIpc) is 3.03. The zero-order valence-corrected chi connectivity index (χ0v) is 15.7. The minimum absolute atomic E-state index is 0.0260. The summed E-state index contributed by atoms with van der Waals surface area (Å²) in [5.41, 5.74) is 8.08. The third-order valence-corrected chi connectivity index (χ3v) is 5.26. The number of primary sulfonamides is 1. The molecule has 3 rings (SSSR count). The van der Waals surface area contributed by atoms with Gasteiger partial charge in [0, 0.05) is 33.8 Å². The van der Waals surface area contributed by atoms with Crippen LogP contribution in [0.15, 0.2) is 53.4 Å². The Morgan fingerprint density at radius 2 is 1.78 bits per heavy atom. The number of carbonyl (C=O) groups is 1. The average molecular weight is 405 g/mol. The molecular weight excluding hydrogens is 388 g/mol. The first-order valence-corrected chi connectivity index (χ1v) is 9.93. The van der Waals surface area contributed by atoms with Crippen LogP contribution in [0.25, 0.3) is 22.4 Å². The smallest absolute Gasteiger partial charge is 0.238 e. The number of hydrogen-bond acceptors (Lipinski definition) is 4. The third kappa shape index (κ3) is 4.19. The lowest BCUT2D eigenvalue weighted by molar-refractivity contribution is -0.118. The number of aryl methyl sites for hydroxylation is 1. The summed E-state index contributed by atoms with van der Waals surface area (Å²) in [6, 6.07) is 13.4. The van der Waals surface area contributed by atoms with Gasteiger partial charge in [-0.25, -0.2) is 13.6 Å². The predicted octanol–water partition coefficient (Wildman–Crippen LogP) is 2.46. The molecule has 9 heteroatoms. The number of aromatic nitrogens is 2. The highest BCUT2D eigenvalue weighted by Gasteiger charge is 2.23. The van der Waals surface area contributed by atoms with E-state index < -0.39 is 15.9 Å². The lowest BCUT2D eigenvalue weighted by Gasteiger charge is -2.11. The molecule has 0 radical (unpaired) electrons. The van der Waals surface area contributed by atoms with E-state index in [2.05, 4.69) is 10.2 Å². The van der Waals surface area contributed by atoms with Crippen LogP contribution in [0.3, 0.4) is 0 Å². The maximum absolute atomic E-state index is 12.1. The molecule has 0 fully saturated rings. The largest absolute Gasteiger partial charge is 0.370 e. The molecular formula is C18H17ClN4O3S. The van der Waals surface area contributed by atoms with Crippen LogP contribution in [0.1, 0.15) is 12.1 Å². The molecule has 3 aromatic rings. The van der Waals surface area contributed by atoms with Crippen molar-refractivity contribution in [2.45, 2.75) is 17.7 Å². The Bertz CT molecular complexity index is 1090. The number of halogens is 1. The van der Waals surface area contributed by atoms with Gasteiger partial charge in [0.25, 0.3) is 0 Å². The summed E-state index contributed by atoms with van der Waals surface area (Å²) in [4.78, 5) is 11.2. The Hall–Kier alpha value is -2.68. The Morgan fingerprint density at radius 3 is 2.41 bits per heavy atom. The summed E-state index contributed by atoms with van der Waals surface area (Å²) in [5, 5.41) is 13.2. The molecule has 0 aliphatic carbocycles. The highest BCUT2D eigenvalue weighted by Crippen LogP contribution is 2.37. The summed E-state index contributed by atoms with van der Waals surface area (Å²) in [7, 11) is -3.97. The minimum atomic E-state index is -3.97. The molecule has 140 valence electrons. The van der Waals surface area contributed by atoms with E-state index in [4.69, 9.17) is 22.5 Å². The number of benzene rings is 2. The minimum Gasteiger partial charge on any atom is -0.370 e. The topological polar surface area (TPSA) is 132 Å². The van der Waals surface area contributed by atoms with E-state index in [9.17, 15) is 13.2 Å². The van der Waals surface area contributed by atoms with Crippen molar-refractivity contribution in [1.82, 2.24) is 10.2 Å². The normalized spacial score (nSPS) is 11.5. The number of nitrogens with zero attached hydrogens (tertiary/aromatic N) is 1. The number of nitrogens with two attached hydrogens (primary N) is 2. The number of carbonyl (C=O) groups excluding carboxylic acids is 1. The van der Waals surface area contributed by atoms with E-state index in [-0.39, 0.29) is 17.7 Å². The molecule has 0 unspecified atom stereocenters. The fourth-order valence-electron chi connectivity index (χ4n) is 2.84. The molecule has 27 heavy (non-hydrogen) atoms. The van der Waals surface area contributed by atoms with Crippen molar-refractivity contribution >= 4 is 27.5 Å². The van der Waals surface area contributed by atoms with E-state index in [1.54, 1.807) is 42.5 Å². The summed E-state index contributed by atoms with van der Waals surface area (Å²) >= 11 is 5.96. The second kappa shape index (κ2) is 7.51. The fraction of sp³-hybridized carbons (Fsp3) is 0.111. The van der Waals surface area contributed by atoms with Crippen molar-refractivity contribution in [1.29, 1.82) is 0 Å². The van der Waals surface area contributed by atoms with Gasteiger partial charge < -0.3 is 5.73 Å². The van der Waals surface area contributed by atoms with Crippen LogP contribution in [0.4, 0.5) is 0 Å². The van der Waals surface area contributed by atoms with Crippen molar-refractivity contribution in [2.75, 3.05) is 0 Å². The number of hydrogen-bond donors (Lipinski definition) is 3. The van der Waals surface area contributed by atoms with Gasteiger partial charge in [-0.15, -0.1) is 0 Å². The van der Waals surface area contributed by atoms with Gasteiger partial charge in [-0.2, -0.15) is 5.10 Å². The molecule has 0 spiro atoms. The van der Waals surface area contributed by atoms with E-state index in [1.807, 2.05) is 0 Å². The first kappa shape index (κ1) is 19.1. The Labute approximate surface area is 161 Å². The van der Waals surface area contributed by atoms with Crippen LogP contribution >= 0.6 is 11.6 Å². The molecule has 1 heterocycles. The van der Waals surface area contributed by atoms with E-state index in [1.165, 1.54) is 6.07 Å². The van der Waals surface area contributed by atoms with Gasteiger partial charge in [0.05, 0.1) is 4.90 Å². The summed E-state index contributed by atoms with van der Waals surface area (Å²) in [5.74, 6) is -0.469. The second-order valence-electron chi connectivity index (χ2n) is 5.94. The van der Waals surface area contributed by atoms with Crippen LogP contribution in [-0.4, -0.2) is 24.5 Å². The lowest BCUT2D eigenvalue weighted by Crippen LogP contribution is -2.14. The monoisotopic (exact) mass is 404 g/mol. The number of aromatic amines is 1. The van der Waals surface area contributed by atoms with Gasteiger partial charge in [0.1, 0.15) is 5.69 Å². The molecule has 0 aliphatic heterocycles. The molecule has 2 aromatic carbocycles. The van der Waals surface area contributed by atoms with Gasteiger partial charge in [0.2, 0.25) is 15.9 Å². The van der Waals surface area contributed by atoms with Crippen LogP contribution in [0.5, 0.6) is 0 Å². The van der Waals surface area contributed by atoms with Gasteiger partial charge in [-0.1, -0.05) is 41.9 Å². The molecule has 5 N–H and O–H groups in total. The fourth-order valence-corrected chi connectivity index (χ4v) is 3.71. The maximum Gasteiger partial charge on any atom is 0.238 e. The van der Waals surface area contributed by atoms with E-state index in [0.29, 0.717) is 27.5 Å². The summed E-state index contributed by atoms with van der Waals surface area (Å²) in [6.45, 7) is 0. The van der Waals surface area contributed by atoms with Crippen molar-refractivity contribution in [2.24, 2.45) is 10.9 Å². The van der Waals surface area contributed by atoms with Crippen molar-refractivity contribution in [3.63, 3.8) is 0 Å². The molecule has 0 saturated heterocycles. The summed E-state index contributed by atoms with van der Waals surface area (Å²) in [6.07, 6.45) is 0.372. The van der Waals surface area contributed by atoms with Crippen molar-refractivity contribution in [3.05, 3.63) is 59.2 Å². The molecule has 0 aliphatic rings. The van der Waals surface area contributed by atoms with Gasteiger partial charge >= 0.3 is 0 Å². The first-order valence-electron chi connectivity index (χ1n) is 8.01. The number of H-pyrrole nitrogens is 1. The van der Waals surface area contributed by atoms with Crippen LogP contribution in [0, 0.1) is 0 Å². The van der Waals surface area contributed by atoms with E-state index in [0.717, 1.165) is 5.56 Å². The van der Waals surface area contributed by atoms with Crippen LogP contribution in [-0.2, 0) is 21.2 Å². The number of nitrogens with one attached hydrogen (secondary N) is 1. The maximum atomic E-state index is 12.1. The predicted molar refractivity (Wildman–Crippen MR) is 103 cm³/mol. The standard InChI is InChI=1S/C18H17ClN4O3S/c19-12-7-5-11(6-8-12)18-17(14(22-23-18)9-10-16(20)24)13-3-1-2-4-15(13)27(21,25)26/h1-8H,9-10H2,(H2,20,24)(H,22,23)(H2,21,25,26). The highest BCUT2D eigenvalue weighted by atomic mass is 35.5. The Kier molecular flexibility index (Phi) is 5.31. The molecule has 0 atom stereocenters. The molecule has 7 nitrogen and oxygen atoms in total. The SMILES string of the molecule is NC(=O)CCc1[nH]nc(-c2ccc(Cl)cc2)c1-c1ccccc1S(N)(=O)=O.